The van der Waals surface area contributed by atoms with Crippen LogP contribution in [-0.2, 0) is 20.5 Å². The molecule has 4 rings (SSSR count). The molecule has 1 aliphatic carbocycles. The maximum absolute atomic E-state index is 13.4. The molecule has 1 atom stereocenters. The molecule has 0 saturated carbocycles. The number of carboxylic acid groups (broad SMARTS) is 1. The summed E-state index contributed by atoms with van der Waals surface area (Å²) in [6, 6.07) is 16.8. The van der Waals surface area contributed by atoms with E-state index in [4.69, 9.17) is 14.5 Å². The molecule has 0 aromatic heterocycles. The summed E-state index contributed by atoms with van der Waals surface area (Å²) in [4.78, 5) is 42.1. The van der Waals surface area contributed by atoms with Crippen molar-refractivity contribution in [2.75, 3.05) is 6.61 Å². The largest absolute Gasteiger partial charge is 0.524 e. The van der Waals surface area contributed by atoms with Crippen LogP contribution >= 0.6 is 7.82 Å². The molecule has 0 spiro atoms. The molecular weight excluding hydrogens is 511 g/mol. The second-order valence-corrected chi connectivity index (χ2v) is 9.48. The molecule has 0 saturated heterocycles. The van der Waals surface area contributed by atoms with E-state index in [2.05, 4.69) is 9.84 Å². The number of hydrogen-bond donors (Lipinski definition) is 4. The van der Waals surface area contributed by atoms with Crippen LogP contribution in [0.1, 0.15) is 34.6 Å². The molecule has 0 bridgehead atoms. The summed E-state index contributed by atoms with van der Waals surface area (Å²) in [7, 11) is -5.09. The summed E-state index contributed by atoms with van der Waals surface area (Å²) in [6.45, 7) is -0.0455. The molecule has 9 nitrogen and oxygen atoms in total. The van der Waals surface area contributed by atoms with Gasteiger partial charge in [-0.2, -0.15) is 0 Å². The van der Waals surface area contributed by atoms with Crippen molar-refractivity contribution in [3.05, 3.63) is 89.0 Å². The van der Waals surface area contributed by atoms with E-state index >= 15 is 0 Å². The number of fused-ring (bicyclic) bond motifs is 3. The zero-order valence-corrected chi connectivity index (χ0v) is 20.0. The van der Waals surface area contributed by atoms with Crippen LogP contribution in [0.15, 0.2) is 66.7 Å². The number of carboxylic acids is 1. The van der Waals surface area contributed by atoms with E-state index in [9.17, 15) is 28.0 Å². The van der Waals surface area contributed by atoms with Crippen molar-refractivity contribution in [2.24, 2.45) is 0 Å². The van der Waals surface area contributed by atoms with Gasteiger partial charge in [0.2, 0.25) is 0 Å². The second-order valence-electron chi connectivity index (χ2n) is 8.32. The summed E-state index contributed by atoms with van der Waals surface area (Å²) in [6.07, 6.45) is -4.54. The highest BCUT2D eigenvalue weighted by molar-refractivity contribution is 7.46. The Morgan fingerprint density at radius 2 is 1.57 bits per heavy atom. The summed E-state index contributed by atoms with van der Waals surface area (Å²) < 4.78 is 47.5. The molecule has 1 aliphatic rings. The summed E-state index contributed by atoms with van der Waals surface area (Å²) in [5.74, 6) is -2.40. The fraction of sp³-hybridized carbons (Fsp3) is 0.200. The lowest BCUT2D eigenvalue weighted by Gasteiger charge is -2.18. The Morgan fingerprint density at radius 1 is 0.973 bits per heavy atom. The molecule has 194 valence electrons. The third kappa shape index (κ3) is 6.14. The predicted molar refractivity (Wildman–Crippen MR) is 127 cm³/mol. The number of nitrogens with one attached hydrogen (secondary N) is 1. The Morgan fingerprint density at radius 3 is 2.11 bits per heavy atom. The number of ether oxygens (including phenoxy) is 1. The molecule has 37 heavy (non-hydrogen) atoms. The van der Waals surface area contributed by atoms with Gasteiger partial charge in [0.1, 0.15) is 18.4 Å². The zero-order chi connectivity index (χ0) is 26.7. The molecule has 0 aliphatic heterocycles. The van der Waals surface area contributed by atoms with E-state index in [1.807, 2.05) is 48.5 Å². The molecule has 0 unspecified atom stereocenters. The highest BCUT2D eigenvalue weighted by Crippen LogP contribution is 2.44. The number of phosphoric acid groups is 1. The fourth-order valence-electron chi connectivity index (χ4n) is 4.32. The van der Waals surface area contributed by atoms with E-state index < -0.39 is 50.1 Å². The minimum absolute atomic E-state index is 0.0455. The van der Waals surface area contributed by atoms with Crippen LogP contribution in [0.3, 0.4) is 0 Å². The van der Waals surface area contributed by atoms with Gasteiger partial charge in [-0.1, -0.05) is 54.6 Å². The van der Waals surface area contributed by atoms with Gasteiger partial charge in [0.05, 0.1) is 5.56 Å². The summed E-state index contributed by atoms with van der Waals surface area (Å²) in [5.41, 5.74) is 3.24. The van der Waals surface area contributed by atoms with Gasteiger partial charge < -0.3 is 19.7 Å². The molecular formula is C25H22F2NO8P. The molecule has 0 fully saturated rings. The lowest BCUT2D eigenvalue weighted by atomic mass is 9.98. The molecule has 3 aromatic rings. The standard InChI is InChI=1S/C25H22F2NO8P/c26-23(27)19-11-14(9-10-22(19)36-37(32,33)34)12-21(24(29)30)28-25(31)35-13-20-17-7-3-1-5-15(17)16-6-2-4-8-18(16)20/h1-11,20-21,23H,12-13H2,(H,28,31)(H,29,30)(H2,32,33,34)/t21-/m0/s1. The van der Waals surface area contributed by atoms with Crippen LogP contribution in [0.2, 0.25) is 0 Å². The first-order valence-corrected chi connectivity index (χ1v) is 12.6. The maximum atomic E-state index is 13.4. The van der Waals surface area contributed by atoms with E-state index in [0.29, 0.717) is 0 Å². The zero-order valence-electron chi connectivity index (χ0n) is 19.1. The van der Waals surface area contributed by atoms with E-state index in [1.165, 1.54) is 6.07 Å². The van der Waals surface area contributed by atoms with Crippen molar-refractivity contribution in [1.29, 1.82) is 0 Å². The van der Waals surface area contributed by atoms with E-state index in [1.54, 1.807) is 0 Å². The highest BCUT2D eigenvalue weighted by Gasteiger charge is 2.30. The molecule has 1 amide bonds. The second kappa shape index (κ2) is 10.7. The molecule has 12 heteroatoms. The number of alkyl halides is 2. The first-order chi connectivity index (χ1) is 17.5. The van der Waals surface area contributed by atoms with Crippen molar-refractivity contribution in [3.8, 4) is 16.9 Å². The van der Waals surface area contributed by atoms with Crippen molar-refractivity contribution in [3.63, 3.8) is 0 Å². The minimum atomic E-state index is -5.09. The number of alkyl carbamates (subject to hydrolysis) is 1. The Hall–Kier alpha value is -3.79. The highest BCUT2D eigenvalue weighted by atomic mass is 31.2. The third-order valence-corrected chi connectivity index (χ3v) is 6.33. The van der Waals surface area contributed by atoms with Gasteiger partial charge in [0.25, 0.3) is 6.43 Å². The van der Waals surface area contributed by atoms with Gasteiger partial charge in [0, 0.05) is 12.3 Å². The molecule has 0 radical (unpaired) electrons. The number of carbonyl (C=O) groups excluding carboxylic acids is 1. The fourth-order valence-corrected chi connectivity index (χ4v) is 4.75. The predicted octanol–water partition coefficient (Wildman–Crippen LogP) is 4.63. The number of amides is 1. The first-order valence-electron chi connectivity index (χ1n) is 11.0. The smallest absolute Gasteiger partial charge is 0.480 e. The number of benzene rings is 3. The maximum Gasteiger partial charge on any atom is 0.524 e. The normalized spacial score (nSPS) is 13.5. The first kappa shape index (κ1) is 26.3. The number of aliphatic carboxylic acids is 1. The minimum Gasteiger partial charge on any atom is -0.480 e. The van der Waals surface area contributed by atoms with E-state index in [-0.39, 0.29) is 18.1 Å². The number of phosphoric ester groups is 1. The number of carbonyl (C=O) groups is 2. The van der Waals surface area contributed by atoms with Gasteiger partial charge in [-0.3, -0.25) is 9.79 Å². The van der Waals surface area contributed by atoms with Gasteiger partial charge in [-0.05, 0) is 39.9 Å². The summed E-state index contributed by atoms with van der Waals surface area (Å²) in [5, 5.41) is 11.8. The average molecular weight is 533 g/mol. The molecule has 3 aromatic carbocycles. The van der Waals surface area contributed by atoms with Gasteiger partial charge >= 0.3 is 19.9 Å². The van der Waals surface area contributed by atoms with Crippen LogP contribution < -0.4 is 9.84 Å². The van der Waals surface area contributed by atoms with Crippen LogP contribution in [0, 0.1) is 0 Å². The van der Waals surface area contributed by atoms with Crippen molar-refractivity contribution in [2.45, 2.75) is 24.8 Å². The Balaban J connectivity index is 1.44. The van der Waals surface area contributed by atoms with Crippen LogP contribution in [0.25, 0.3) is 11.1 Å². The number of rotatable bonds is 9. The number of hydrogen-bond acceptors (Lipinski definition) is 5. The molecule has 4 N–H and O–H groups in total. The van der Waals surface area contributed by atoms with Gasteiger partial charge in [-0.25, -0.2) is 22.9 Å². The van der Waals surface area contributed by atoms with Crippen LogP contribution in [-0.4, -0.2) is 39.6 Å². The lowest BCUT2D eigenvalue weighted by molar-refractivity contribution is -0.139. The Labute approximate surface area is 209 Å². The Kier molecular flexibility index (Phi) is 7.58. The topological polar surface area (TPSA) is 142 Å². The van der Waals surface area contributed by atoms with Crippen LogP contribution in [0.4, 0.5) is 13.6 Å². The van der Waals surface area contributed by atoms with Gasteiger partial charge in [0.15, 0.2) is 0 Å². The molecule has 0 heterocycles. The van der Waals surface area contributed by atoms with Crippen molar-refractivity contribution < 1.29 is 47.1 Å². The van der Waals surface area contributed by atoms with E-state index in [0.717, 1.165) is 34.4 Å². The average Bonchev–Trinajstić information content (AvgIpc) is 3.16. The quantitative estimate of drug-likeness (QED) is 0.292. The van der Waals surface area contributed by atoms with Crippen LogP contribution in [0.5, 0.6) is 5.75 Å². The van der Waals surface area contributed by atoms with Crippen molar-refractivity contribution >= 4 is 19.9 Å². The van der Waals surface area contributed by atoms with Gasteiger partial charge in [-0.15, -0.1) is 0 Å². The summed E-state index contributed by atoms with van der Waals surface area (Å²) >= 11 is 0. The third-order valence-electron chi connectivity index (χ3n) is 5.90. The number of halogens is 2. The monoisotopic (exact) mass is 533 g/mol. The Bertz CT molecular complexity index is 1330. The SMILES string of the molecule is O=C(N[C@@H](Cc1ccc(OP(=O)(O)O)c(C(F)F)c1)C(=O)O)OCC1c2ccccc2-c2ccccc21. The lowest BCUT2D eigenvalue weighted by Crippen LogP contribution is -2.42. The van der Waals surface area contributed by atoms with Crippen molar-refractivity contribution in [1.82, 2.24) is 5.32 Å².